The molecule has 82 heavy (non-hydrogen) atoms. The first-order valence-corrected chi connectivity index (χ1v) is 35.4. The minimum Gasteiger partial charge on any atom is -0.756 e. The molecule has 2 N–H and O–H groups in total. The first-order valence-electron chi connectivity index (χ1n) is 33.9. The molecular formula is C73H129N2O6P. The number of allylic oxidation sites excluding steroid dienone is 19. The van der Waals surface area contributed by atoms with E-state index in [2.05, 4.69) is 129 Å². The maximum absolute atomic E-state index is 13.0. The van der Waals surface area contributed by atoms with Crippen molar-refractivity contribution < 1.29 is 32.9 Å². The van der Waals surface area contributed by atoms with Gasteiger partial charge in [0, 0.05) is 6.42 Å². The first kappa shape index (κ1) is 78.9. The van der Waals surface area contributed by atoms with Crippen LogP contribution >= 0.6 is 7.82 Å². The number of aliphatic hydroxyl groups is 1. The van der Waals surface area contributed by atoms with Crippen LogP contribution in [0.5, 0.6) is 0 Å². The number of aliphatic hydroxyl groups excluding tert-OH is 1. The van der Waals surface area contributed by atoms with Crippen LogP contribution in [-0.2, 0) is 18.4 Å². The summed E-state index contributed by atoms with van der Waals surface area (Å²) in [5.41, 5.74) is 0. The minimum absolute atomic E-state index is 0.00491. The lowest BCUT2D eigenvalue weighted by Gasteiger charge is -2.29. The molecule has 8 nitrogen and oxygen atoms in total. The normalized spacial score (nSPS) is 14.5. The Morgan fingerprint density at radius 3 is 1.09 bits per heavy atom. The topological polar surface area (TPSA) is 108 Å². The molecule has 0 bridgehead atoms. The lowest BCUT2D eigenvalue weighted by Crippen LogP contribution is -2.45. The number of hydrogen-bond donors (Lipinski definition) is 2. The molecule has 0 fully saturated rings. The van der Waals surface area contributed by atoms with Crippen LogP contribution in [0.15, 0.2) is 122 Å². The lowest BCUT2D eigenvalue weighted by atomic mass is 10.0. The van der Waals surface area contributed by atoms with E-state index in [4.69, 9.17) is 9.05 Å². The maximum atomic E-state index is 13.0. The second kappa shape index (κ2) is 62.4. The summed E-state index contributed by atoms with van der Waals surface area (Å²) >= 11 is 0. The van der Waals surface area contributed by atoms with E-state index in [-0.39, 0.29) is 19.1 Å². The fourth-order valence-corrected chi connectivity index (χ4v) is 10.2. The van der Waals surface area contributed by atoms with Gasteiger partial charge in [0.1, 0.15) is 13.2 Å². The van der Waals surface area contributed by atoms with Crippen molar-refractivity contribution in [3.63, 3.8) is 0 Å². The third-order valence-corrected chi connectivity index (χ3v) is 15.6. The summed E-state index contributed by atoms with van der Waals surface area (Å²) in [5.74, 6) is -0.200. The van der Waals surface area contributed by atoms with Gasteiger partial charge in [0.15, 0.2) is 0 Å². The number of quaternary nitrogens is 1. The number of carbonyl (C=O) groups is 1. The van der Waals surface area contributed by atoms with Crippen LogP contribution in [0, 0.1) is 0 Å². The zero-order chi connectivity index (χ0) is 59.8. The van der Waals surface area contributed by atoms with Gasteiger partial charge in [-0.1, -0.05) is 309 Å². The van der Waals surface area contributed by atoms with E-state index >= 15 is 0 Å². The monoisotopic (exact) mass is 1160 g/mol. The van der Waals surface area contributed by atoms with Crippen molar-refractivity contribution in [2.24, 2.45) is 0 Å². The Kier molecular flexibility index (Phi) is 60.1. The molecule has 1 amide bonds. The van der Waals surface area contributed by atoms with Crippen molar-refractivity contribution in [2.75, 3.05) is 40.9 Å². The van der Waals surface area contributed by atoms with Crippen LogP contribution in [0.3, 0.4) is 0 Å². The number of amides is 1. The molecule has 0 saturated carbocycles. The number of nitrogens with zero attached hydrogens (tertiary/aromatic N) is 1. The largest absolute Gasteiger partial charge is 0.756 e. The van der Waals surface area contributed by atoms with Gasteiger partial charge >= 0.3 is 0 Å². The van der Waals surface area contributed by atoms with Crippen molar-refractivity contribution in [3.8, 4) is 0 Å². The summed E-state index contributed by atoms with van der Waals surface area (Å²) in [7, 11) is 1.26. The van der Waals surface area contributed by atoms with Gasteiger partial charge in [0.25, 0.3) is 7.82 Å². The van der Waals surface area contributed by atoms with Crippen molar-refractivity contribution in [1.82, 2.24) is 5.32 Å². The number of likely N-dealkylation sites (N-methyl/N-ethyl adjacent to an activating group) is 1. The standard InChI is InChI=1S/C73H129N2O6P/c1-6-8-10-12-14-16-18-20-22-24-26-27-28-29-30-31-32-33-34-35-36-37-38-39-40-41-42-43-44-45-46-47-49-51-53-55-57-59-61-63-65-67-73(77)74-71(70-81-82(78,79)80-69-68-75(3,4)5)72(76)66-64-62-60-58-56-54-52-50-48-25-23-21-19-17-15-13-11-9-7-2/h8,10,14,16,20,22,26-27,29-30,32-33,35-36,38-39,41-42,64,66,71-72,76H,6-7,9,11-13,15,17-19,21,23-25,28,31,34,37,40,43-63,65,67-70H2,1-5H3,(H-,74,77,78,79)/b10-8-,16-14-,22-20-,27-26-,30-29-,33-32-,36-35-,39-38-,42-41-,66-64+. The van der Waals surface area contributed by atoms with Gasteiger partial charge in [-0.2, -0.15) is 0 Å². The molecular weight excluding hydrogens is 1030 g/mol. The number of hydrogen-bond acceptors (Lipinski definition) is 6. The van der Waals surface area contributed by atoms with E-state index < -0.39 is 20.0 Å². The molecule has 0 aromatic carbocycles. The van der Waals surface area contributed by atoms with Crippen LogP contribution in [0.2, 0.25) is 0 Å². The van der Waals surface area contributed by atoms with Crippen molar-refractivity contribution >= 4 is 13.7 Å². The SMILES string of the molecule is CC/C=C\C/C=C\C/C=C\C/C=C\C/C=C\C/C=C\C/C=C\C/C=C\C/C=C\CCCCCCCCCCCCCCCC(=O)NC(COP(=O)([O-])OCC[N+](C)(C)C)C(O)/C=C/CCCCCCCCCCCCCCCCCCC. The molecule has 0 rings (SSSR count). The highest BCUT2D eigenvalue weighted by atomic mass is 31.2. The lowest BCUT2D eigenvalue weighted by molar-refractivity contribution is -0.870. The smallest absolute Gasteiger partial charge is 0.268 e. The summed E-state index contributed by atoms with van der Waals surface area (Å²) in [5, 5.41) is 13.9. The molecule has 0 heterocycles. The van der Waals surface area contributed by atoms with Gasteiger partial charge in [0.05, 0.1) is 39.9 Å². The Morgan fingerprint density at radius 2 is 0.744 bits per heavy atom. The summed E-state index contributed by atoms with van der Waals surface area (Å²) in [6.45, 7) is 4.55. The third kappa shape index (κ3) is 64.5. The van der Waals surface area contributed by atoms with Gasteiger partial charge in [-0.15, -0.1) is 0 Å². The van der Waals surface area contributed by atoms with Crippen molar-refractivity contribution in [1.29, 1.82) is 0 Å². The zero-order valence-electron chi connectivity index (χ0n) is 53.9. The number of carbonyl (C=O) groups excluding carboxylic acids is 1. The van der Waals surface area contributed by atoms with Crippen LogP contribution in [0.4, 0.5) is 0 Å². The van der Waals surface area contributed by atoms with E-state index in [0.29, 0.717) is 17.4 Å². The molecule has 0 aliphatic heterocycles. The second-order valence-corrected chi connectivity index (χ2v) is 25.2. The van der Waals surface area contributed by atoms with E-state index in [0.717, 1.165) is 96.3 Å². The van der Waals surface area contributed by atoms with Crippen molar-refractivity contribution in [2.45, 2.75) is 296 Å². The van der Waals surface area contributed by atoms with E-state index in [9.17, 15) is 19.4 Å². The number of unbranched alkanes of at least 4 members (excludes halogenated alkanes) is 30. The van der Waals surface area contributed by atoms with Gasteiger partial charge in [-0.3, -0.25) is 9.36 Å². The molecule has 0 radical (unpaired) electrons. The van der Waals surface area contributed by atoms with Gasteiger partial charge < -0.3 is 28.8 Å². The molecule has 3 atom stereocenters. The number of phosphoric ester groups is 1. The average Bonchev–Trinajstić information content (AvgIpc) is 3.47. The highest BCUT2D eigenvalue weighted by molar-refractivity contribution is 7.45. The first-order chi connectivity index (χ1) is 40.0. The molecule has 3 unspecified atom stereocenters. The van der Waals surface area contributed by atoms with Crippen LogP contribution < -0.4 is 10.2 Å². The second-order valence-electron chi connectivity index (χ2n) is 23.8. The fraction of sp³-hybridized carbons (Fsp3) is 0.712. The molecule has 0 aromatic heterocycles. The highest BCUT2D eigenvalue weighted by Gasteiger charge is 2.23. The van der Waals surface area contributed by atoms with E-state index in [1.165, 1.54) is 167 Å². The highest BCUT2D eigenvalue weighted by Crippen LogP contribution is 2.38. The average molecular weight is 1160 g/mol. The summed E-state index contributed by atoms with van der Waals surface area (Å²) < 4.78 is 23.4. The number of phosphoric acid groups is 1. The van der Waals surface area contributed by atoms with Gasteiger partial charge in [-0.25, -0.2) is 0 Å². The number of nitrogens with one attached hydrogen (secondary N) is 1. The van der Waals surface area contributed by atoms with Gasteiger partial charge in [-0.05, 0) is 89.9 Å². The van der Waals surface area contributed by atoms with E-state index in [1.807, 2.05) is 27.2 Å². The summed E-state index contributed by atoms with van der Waals surface area (Å²) in [4.78, 5) is 25.6. The van der Waals surface area contributed by atoms with Gasteiger partial charge in [0.2, 0.25) is 5.91 Å². The molecule has 0 spiro atoms. The molecule has 0 aliphatic carbocycles. The van der Waals surface area contributed by atoms with E-state index in [1.54, 1.807) is 6.08 Å². The predicted octanol–water partition coefficient (Wildman–Crippen LogP) is 21.0. The third-order valence-electron chi connectivity index (χ3n) is 14.7. The fourth-order valence-electron chi connectivity index (χ4n) is 9.44. The Hall–Kier alpha value is -3.10. The molecule has 0 aromatic rings. The van der Waals surface area contributed by atoms with Crippen LogP contribution in [0.25, 0.3) is 0 Å². The summed E-state index contributed by atoms with van der Waals surface area (Å²) in [6.07, 6.45) is 93.0. The Bertz CT molecular complexity index is 1750. The summed E-state index contributed by atoms with van der Waals surface area (Å²) in [6, 6.07) is -0.894. The Labute approximate surface area is 507 Å². The quantitative estimate of drug-likeness (QED) is 0.0272. The molecule has 0 aliphatic rings. The molecule has 472 valence electrons. The van der Waals surface area contributed by atoms with Crippen LogP contribution in [-0.4, -0.2) is 68.5 Å². The molecule has 0 saturated heterocycles. The van der Waals surface area contributed by atoms with Crippen molar-refractivity contribution in [3.05, 3.63) is 122 Å². The number of rotatable bonds is 61. The van der Waals surface area contributed by atoms with Crippen LogP contribution in [0.1, 0.15) is 284 Å². The molecule has 9 heteroatoms. The predicted molar refractivity (Wildman–Crippen MR) is 357 cm³/mol. The minimum atomic E-state index is -4.61. The maximum Gasteiger partial charge on any atom is 0.268 e. The Morgan fingerprint density at radius 1 is 0.439 bits per heavy atom. The zero-order valence-corrected chi connectivity index (χ0v) is 54.8. The Balaban J connectivity index is 4.06.